The zero-order valence-electron chi connectivity index (χ0n) is 9.91. The van der Waals surface area contributed by atoms with Gasteiger partial charge in [0.1, 0.15) is 0 Å². The largest absolute Gasteiger partial charge is 0.0651 e. The fraction of sp³-hybridized carbons (Fsp3) is 0.571. The third kappa shape index (κ3) is 2.37. The van der Waals surface area contributed by atoms with E-state index in [2.05, 4.69) is 39.8 Å². The Balaban J connectivity index is 3.12. The second-order valence-corrected chi connectivity index (χ2v) is 4.05. The van der Waals surface area contributed by atoms with E-state index in [1.54, 1.807) is 11.1 Å². The molecule has 1 radical (unpaired) electrons. The lowest BCUT2D eigenvalue weighted by Crippen LogP contribution is -2.00. The van der Waals surface area contributed by atoms with Crippen molar-refractivity contribution < 1.29 is 0 Å². The van der Waals surface area contributed by atoms with Crippen LogP contribution in [-0.2, 0) is 12.8 Å². The molecule has 0 heterocycles. The fourth-order valence-electron chi connectivity index (χ4n) is 2.04. The Morgan fingerprint density at radius 1 is 1.00 bits per heavy atom. The number of aryl methyl sites for hydroxylation is 2. The fourth-order valence-corrected chi connectivity index (χ4v) is 2.04. The second kappa shape index (κ2) is 5.19. The Labute approximate surface area is 88.4 Å². The van der Waals surface area contributed by atoms with Gasteiger partial charge < -0.3 is 0 Å². The molecule has 0 aromatic heterocycles. The molecule has 0 amide bonds. The van der Waals surface area contributed by atoms with Crippen molar-refractivity contribution in [3.63, 3.8) is 0 Å². The van der Waals surface area contributed by atoms with Crippen LogP contribution in [0.5, 0.6) is 0 Å². The summed E-state index contributed by atoms with van der Waals surface area (Å²) in [4.78, 5) is 0. The van der Waals surface area contributed by atoms with Crippen molar-refractivity contribution in [2.45, 2.75) is 53.4 Å². The predicted octanol–water partition coefficient (Wildman–Crippen LogP) is 4.01. The topological polar surface area (TPSA) is 0 Å². The zero-order chi connectivity index (χ0) is 10.6. The molecular weight excluding hydrogens is 168 g/mol. The molecule has 0 N–H and O–H groups in total. The first-order valence-corrected chi connectivity index (χ1v) is 5.70. The van der Waals surface area contributed by atoms with Gasteiger partial charge in [-0.25, -0.2) is 0 Å². The average molecular weight is 189 g/mol. The number of benzene rings is 1. The Bertz CT molecular complexity index is 266. The van der Waals surface area contributed by atoms with E-state index in [1.165, 1.54) is 36.8 Å². The van der Waals surface area contributed by atoms with Crippen LogP contribution in [0.1, 0.15) is 48.9 Å². The van der Waals surface area contributed by atoms with Gasteiger partial charge in [0.15, 0.2) is 0 Å². The summed E-state index contributed by atoms with van der Waals surface area (Å²) in [7, 11) is 0. The van der Waals surface area contributed by atoms with Crippen molar-refractivity contribution in [3.05, 3.63) is 34.4 Å². The molecule has 0 aliphatic heterocycles. The van der Waals surface area contributed by atoms with Crippen molar-refractivity contribution in [3.8, 4) is 0 Å². The second-order valence-electron chi connectivity index (χ2n) is 4.05. The van der Waals surface area contributed by atoms with E-state index < -0.39 is 0 Å². The van der Waals surface area contributed by atoms with Gasteiger partial charge in [-0.15, -0.1) is 0 Å². The van der Waals surface area contributed by atoms with Gasteiger partial charge in [-0.05, 0) is 55.0 Å². The molecule has 1 rings (SSSR count). The molecule has 0 saturated heterocycles. The third-order valence-electron chi connectivity index (χ3n) is 2.80. The highest BCUT2D eigenvalue weighted by Crippen LogP contribution is 2.21. The molecule has 0 heteroatoms. The molecule has 77 valence electrons. The maximum absolute atomic E-state index is 3.35. The minimum Gasteiger partial charge on any atom is -0.0651 e. The average Bonchev–Trinajstić information content (AvgIpc) is 2.17. The monoisotopic (exact) mass is 189 g/mol. The summed E-state index contributed by atoms with van der Waals surface area (Å²) in [6, 6.07) is 5.49. The van der Waals surface area contributed by atoms with Crippen LogP contribution in [0.2, 0.25) is 0 Å². The zero-order valence-corrected chi connectivity index (χ0v) is 9.91. The molecule has 0 unspecified atom stereocenters. The molecule has 0 aliphatic rings. The molecular formula is C14H21. The summed E-state index contributed by atoms with van der Waals surface area (Å²) in [5.41, 5.74) is 5.89. The summed E-state index contributed by atoms with van der Waals surface area (Å²) in [6.45, 7) is 8.89. The van der Waals surface area contributed by atoms with Crippen LogP contribution in [0.4, 0.5) is 0 Å². The standard InChI is InChI=1S/C14H21/c1-5-7-13-11(3)9-10-12(4)14(13)8-6-2/h9H,5-8H2,1-4H3. The highest BCUT2D eigenvalue weighted by molar-refractivity contribution is 5.39. The van der Waals surface area contributed by atoms with Gasteiger partial charge in [-0.3, -0.25) is 0 Å². The number of hydrogen-bond acceptors (Lipinski definition) is 0. The summed E-state index contributed by atoms with van der Waals surface area (Å²) in [5.74, 6) is 0. The van der Waals surface area contributed by atoms with Gasteiger partial charge in [-0.2, -0.15) is 0 Å². The van der Waals surface area contributed by atoms with Crippen LogP contribution in [0.25, 0.3) is 0 Å². The van der Waals surface area contributed by atoms with Crippen molar-refractivity contribution in [1.82, 2.24) is 0 Å². The summed E-state index contributed by atoms with van der Waals surface area (Å²) >= 11 is 0. The predicted molar refractivity (Wildman–Crippen MR) is 62.7 cm³/mol. The van der Waals surface area contributed by atoms with Crippen molar-refractivity contribution in [2.24, 2.45) is 0 Å². The highest BCUT2D eigenvalue weighted by Gasteiger charge is 2.07. The van der Waals surface area contributed by atoms with Crippen LogP contribution in [0, 0.1) is 19.9 Å². The maximum atomic E-state index is 3.35. The van der Waals surface area contributed by atoms with Crippen LogP contribution in [0.3, 0.4) is 0 Å². The molecule has 0 nitrogen and oxygen atoms in total. The summed E-state index contributed by atoms with van der Waals surface area (Å²) in [5, 5.41) is 0. The van der Waals surface area contributed by atoms with Gasteiger partial charge in [0, 0.05) is 0 Å². The SMILES string of the molecule is CCCc1c(C)[c]cc(C)c1CCC. The van der Waals surface area contributed by atoms with E-state index in [0.717, 1.165) is 0 Å². The van der Waals surface area contributed by atoms with Gasteiger partial charge in [0.25, 0.3) is 0 Å². The lowest BCUT2D eigenvalue weighted by molar-refractivity contribution is 0.846. The van der Waals surface area contributed by atoms with E-state index in [4.69, 9.17) is 0 Å². The minimum absolute atomic E-state index is 1.21. The molecule has 0 aliphatic carbocycles. The van der Waals surface area contributed by atoms with E-state index in [1.807, 2.05) is 0 Å². The molecule has 0 spiro atoms. The lowest BCUT2D eigenvalue weighted by Gasteiger charge is -2.14. The first-order valence-electron chi connectivity index (χ1n) is 5.70. The smallest absolute Gasteiger partial charge is 0.0146 e. The third-order valence-corrected chi connectivity index (χ3v) is 2.80. The number of hydrogen-bond donors (Lipinski definition) is 0. The van der Waals surface area contributed by atoms with Gasteiger partial charge >= 0.3 is 0 Å². The van der Waals surface area contributed by atoms with Gasteiger partial charge in [-0.1, -0.05) is 32.8 Å². The van der Waals surface area contributed by atoms with Crippen LogP contribution in [0.15, 0.2) is 6.07 Å². The van der Waals surface area contributed by atoms with Crippen LogP contribution < -0.4 is 0 Å². The highest BCUT2D eigenvalue weighted by atomic mass is 14.1. The first-order chi connectivity index (χ1) is 6.70. The molecule has 0 atom stereocenters. The Morgan fingerprint density at radius 3 is 2.14 bits per heavy atom. The quantitative estimate of drug-likeness (QED) is 0.671. The van der Waals surface area contributed by atoms with Crippen molar-refractivity contribution in [2.75, 3.05) is 0 Å². The van der Waals surface area contributed by atoms with Gasteiger partial charge in [0.05, 0.1) is 0 Å². The number of rotatable bonds is 4. The summed E-state index contributed by atoms with van der Waals surface area (Å²) in [6.07, 6.45) is 4.89. The molecule has 14 heavy (non-hydrogen) atoms. The maximum Gasteiger partial charge on any atom is -0.0146 e. The minimum atomic E-state index is 1.21. The molecule has 1 aromatic rings. The van der Waals surface area contributed by atoms with E-state index in [-0.39, 0.29) is 0 Å². The Morgan fingerprint density at radius 2 is 1.57 bits per heavy atom. The summed E-state index contributed by atoms with van der Waals surface area (Å²) < 4.78 is 0. The molecule has 0 bridgehead atoms. The van der Waals surface area contributed by atoms with E-state index in [0.29, 0.717) is 0 Å². The van der Waals surface area contributed by atoms with E-state index in [9.17, 15) is 0 Å². The van der Waals surface area contributed by atoms with Crippen LogP contribution >= 0.6 is 0 Å². The van der Waals surface area contributed by atoms with Crippen LogP contribution in [-0.4, -0.2) is 0 Å². The first kappa shape index (κ1) is 11.3. The van der Waals surface area contributed by atoms with E-state index >= 15 is 0 Å². The van der Waals surface area contributed by atoms with Crippen molar-refractivity contribution >= 4 is 0 Å². The molecule has 0 fully saturated rings. The molecule has 1 aromatic carbocycles. The normalized spacial score (nSPS) is 10.6. The Hall–Kier alpha value is -0.780. The molecule has 0 saturated carbocycles. The van der Waals surface area contributed by atoms with Gasteiger partial charge in [0.2, 0.25) is 0 Å². The lowest BCUT2D eigenvalue weighted by atomic mass is 9.91. The van der Waals surface area contributed by atoms with Crippen molar-refractivity contribution in [1.29, 1.82) is 0 Å². The Kier molecular flexibility index (Phi) is 4.19.